The summed E-state index contributed by atoms with van der Waals surface area (Å²) in [5.74, 6) is 0.883. The lowest BCUT2D eigenvalue weighted by Gasteiger charge is -2.12. The van der Waals surface area contributed by atoms with E-state index in [9.17, 15) is 0 Å². The van der Waals surface area contributed by atoms with Crippen molar-refractivity contribution in [2.24, 2.45) is 5.73 Å². The minimum absolute atomic E-state index is 0.188. The number of pyridine rings is 1. The molecule has 0 bridgehead atoms. The van der Waals surface area contributed by atoms with Crippen LogP contribution in [0, 0.1) is 0 Å². The van der Waals surface area contributed by atoms with Gasteiger partial charge in [0.2, 0.25) is 0 Å². The highest BCUT2D eigenvalue weighted by molar-refractivity contribution is 5.32. The van der Waals surface area contributed by atoms with Crippen LogP contribution in [0.4, 0.5) is 0 Å². The number of hydrogen-bond acceptors (Lipinski definition) is 3. The summed E-state index contributed by atoms with van der Waals surface area (Å²) < 4.78 is 5.54. The van der Waals surface area contributed by atoms with Crippen molar-refractivity contribution in [3.8, 4) is 5.75 Å². The second-order valence-electron chi connectivity index (χ2n) is 4.15. The first-order valence-corrected chi connectivity index (χ1v) is 6.20. The van der Waals surface area contributed by atoms with Crippen LogP contribution in [0.2, 0.25) is 0 Å². The lowest BCUT2D eigenvalue weighted by atomic mass is 10.0. The third-order valence-electron chi connectivity index (χ3n) is 2.72. The Morgan fingerprint density at radius 1 is 1.17 bits per heavy atom. The largest absolute Gasteiger partial charge is 0.494 e. The Morgan fingerprint density at radius 3 is 2.56 bits per heavy atom. The Balaban J connectivity index is 2.09. The Kier molecular flexibility index (Phi) is 4.31. The van der Waals surface area contributed by atoms with Gasteiger partial charge >= 0.3 is 0 Å². The maximum Gasteiger partial charge on any atom is 0.119 e. The third kappa shape index (κ3) is 3.08. The Morgan fingerprint density at radius 2 is 1.94 bits per heavy atom. The van der Waals surface area contributed by atoms with Gasteiger partial charge in [0.15, 0.2) is 0 Å². The number of ether oxygens (including phenoxy) is 1. The van der Waals surface area contributed by atoms with Crippen LogP contribution in [-0.4, -0.2) is 11.6 Å². The van der Waals surface area contributed by atoms with Crippen molar-refractivity contribution >= 4 is 0 Å². The fourth-order valence-corrected chi connectivity index (χ4v) is 1.72. The van der Waals surface area contributed by atoms with Crippen molar-refractivity contribution < 1.29 is 4.74 Å². The molecule has 0 radical (unpaired) electrons. The molecule has 0 saturated carbocycles. The lowest BCUT2D eigenvalue weighted by molar-refractivity contribution is 0.317. The van der Waals surface area contributed by atoms with Crippen LogP contribution >= 0.6 is 0 Å². The number of nitrogens with two attached hydrogens (primary N) is 1. The van der Waals surface area contributed by atoms with Crippen molar-refractivity contribution in [2.45, 2.75) is 19.4 Å². The first-order chi connectivity index (χ1) is 8.81. The molecule has 3 heteroatoms. The van der Waals surface area contributed by atoms with Gasteiger partial charge < -0.3 is 10.5 Å². The topological polar surface area (TPSA) is 48.1 Å². The lowest BCUT2D eigenvalue weighted by Crippen LogP contribution is -2.13. The molecule has 0 amide bonds. The predicted octanol–water partition coefficient (Wildman–Crippen LogP) is 2.92. The summed E-state index contributed by atoms with van der Waals surface area (Å²) >= 11 is 0. The van der Waals surface area contributed by atoms with Gasteiger partial charge in [-0.3, -0.25) is 4.98 Å². The molecule has 2 rings (SSSR count). The van der Waals surface area contributed by atoms with Crippen molar-refractivity contribution in [1.29, 1.82) is 0 Å². The van der Waals surface area contributed by atoms with Crippen molar-refractivity contribution in [1.82, 2.24) is 4.98 Å². The van der Waals surface area contributed by atoms with Crippen molar-refractivity contribution in [3.63, 3.8) is 0 Å². The molecule has 2 aromatic rings. The first-order valence-electron chi connectivity index (χ1n) is 6.20. The molecule has 0 aliphatic heterocycles. The molecule has 1 aromatic carbocycles. The highest BCUT2D eigenvalue weighted by Crippen LogP contribution is 2.20. The van der Waals surface area contributed by atoms with E-state index in [1.807, 2.05) is 42.5 Å². The van der Waals surface area contributed by atoms with Gasteiger partial charge in [-0.2, -0.15) is 0 Å². The average Bonchev–Trinajstić information content (AvgIpc) is 2.46. The smallest absolute Gasteiger partial charge is 0.119 e. The molecule has 3 nitrogen and oxygen atoms in total. The number of rotatable bonds is 5. The molecular weight excluding hydrogens is 224 g/mol. The van der Waals surface area contributed by atoms with E-state index >= 15 is 0 Å². The molecule has 0 spiro atoms. The summed E-state index contributed by atoms with van der Waals surface area (Å²) in [5, 5.41) is 0. The summed E-state index contributed by atoms with van der Waals surface area (Å²) in [6.45, 7) is 2.83. The maximum absolute atomic E-state index is 6.16. The van der Waals surface area contributed by atoms with Crippen LogP contribution in [0.1, 0.15) is 30.6 Å². The van der Waals surface area contributed by atoms with Crippen molar-refractivity contribution in [3.05, 3.63) is 59.9 Å². The molecular formula is C15H18N2O. The predicted molar refractivity (Wildman–Crippen MR) is 72.5 cm³/mol. The molecule has 0 saturated heterocycles. The van der Waals surface area contributed by atoms with Crippen LogP contribution in [0.3, 0.4) is 0 Å². The molecule has 0 fully saturated rings. The second-order valence-corrected chi connectivity index (χ2v) is 4.15. The van der Waals surface area contributed by atoms with Gasteiger partial charge in [-0.1, -0.05) is 25.1 Å². The van der Waals surface area contributed by atoms with Crippen LogP contribution < -0.4 is 10.5 Å². The van der Waals surface area contributed by atoms with Crippen LogP contribution in [-0.2, 0) is 0 Å². The van der Waals surface area contributed by atoms with Gasteiger partial charge in [0.25, 0.3) is 0 Å². The molecule has 1 heterocycles. The van der Waals surface area contributed by atoms with E-state index < -0.39 is 0 Å². The fourth-order valence-electron chi connectivity index (χ4n) is 1.72. The molecule has 2 N–H and O–H groups in total. The zero-order chi connectivity index (χ0) is 12.8. The standard InChI is InChI=1S/C15H18N2O/c1-2-11-18-13-8-6-12(7-9-13)15(16)14-5-3-4-10-17-14/h3-10,15H,2,11,16H2,1H3. The zero-order valence-electron chi connectivity index (χ0n) is 10.5. The maximum atomic E-state index is 6.16. The van der Waals surface area contributed by atoms with E-state index in [-0.39, 0.29) is 6.04 Å². The van der Waals surface area contributed by atoms with Gasteiger partial charge in [-0.25, -0.2) is 0 Å². The highest BCUT2D eigenvalue weighted by Gasteiger charge is 2.09. The van der Waals surface area contributed by atoms with E-state index in [1.54, 1.807) is 6.20 Å². The van der Waals surface area contributed by atoms with Crippen LogP contribution in [0.5, 0.6) is 5.75 Å². The average molecular weight is 242 g/mol. The third-order valence-corrected chi connectivity index (χ3v) is 2.72. The second kappa shape index (κ2) is 6.17. The van der Waals surface area contributed by atoms with Crippen LogP contribution in [0.15, 0.2) is 48.7 Å². The summed E-state index contributed by atoms with van der Waals surface area (Å²) in [6.07, 6.45) is 2.77. The summed E-state index contributed by atoms with van der Waals surface area (Å²) in [7, 11) is 0. The Labute approximate surface area is 108 Å². The highest BCUT2D eigenvalue weighted by atomic mass is 16.5. The van der Waals surface area contributed by atoms with E-state index in [4.69, 9.17) is 10.5 Å². The van der Waals surface area contributed by atoms with Crippen molar-refractivity contribution in [2.75, 3.05) is 6.61 Å². The number of hydrogen-bond donors (Lipinski definition) is 1. The quantitative estimate of drug-likeness (QED) is 0.877. The molecule has 0 aliphatic carbocycles. The summed E-state index contributed by atoms with van der Waals surface area (Å²) in [6, 6.07) is 13.5. The Bertz CT molecular complexity index is 468. The molecule has 1 unspecified atom stereocenters. The van der Waals surface area contributed by atoms with Gasteiger partial charge in [0.1, 0.15) is 5.75 Å². The first kappa shape index (κ1) is 12.6. The molecule has 18 heavy (non-hydrogen) atoms. The SMILES string of the molecule is CCCOc1ccc(C(N)c2ccccn2)cc1. The van der Waals surface area contributed by atoms with E-state index in [2.05, 4.69) is 11.9 Å². The summed E-state index contributed by atoms with van der Waals surface area (Å²) in [4.78, 5) is 4.27. The summed E-state index contributed by atoms with van der Waals surface area (Å²) in [5.41, 5.74) is 8.08. The van der Waals surface area contributed by atoms with Gasteiger partial charge in [-0.15, -0.1) is 0 Å². The molecule has 1 aromatic heterocycles. The van der Waals surface area contributed by atoms with E-state index in [1.165, 1.54) is 0 Å². The van der Waals surface area contributed by atoms with Crippen LogP contribution in [0.25, 0.3) is 0 Å². The number of benzene rings is 1. The normalized spacial score (nSPS) is 12.1. The van der Waals surface area contributed by atoms with Gasteiger partial charge in [-0.05, 0) is 36.2 Å². The number of aromatic nitrogens is 1. The minimum atomic E-state index is -0.188. The van der Waals surface area contributed by atoms with Gasteiger partial charge in [0.05, 0.1) is 18.3 Å². The minimum Gasteiger partial charge on any atom is -0.494 e. The zero-order valence-corrected chi connectivity index (χ0v) is 10.5. The molecule has 1 atom stereocenters. The number of nitrogens with zero attached hydrogens (tertiary/aromatic N) is 1. The van der Waals surface area contributed by atoms with E-state index in [0.717, 1.165) is 30.0 Å². The van der Waals surface area contributed by atoms with E-state index in [0.29, 0.717) is 0 Å². The molecule has 94 valence electrons. The monoisotopic (exact) mass is 242 g/mol. The fraction of sp³-hybridized carbons (Fsp3) is 0.267. The Hall–Kier alpha value is -1.87. The van der Waals surface area contributed by atoms with Gasteiger partial charge in [0, 0.05) is 6.20 Å². The molecule has 0 aliphatic rings.